The van der Waals surface area contributed by atoms with Crippen molar-refractivity contribution in [2.24, 2.45) is 0 Å². The summed E-state index contributed by atoms with van der Waals surface area (Å²) < 4.78 is 2.73. The van der Waals surface area contributed by atoms with E-state index in [9.17, 15) is 9.59 Å². The first-order valence-corrected chi connectivity index (χ1v) is 14.5. The van der Waals surface area contributed by atoms with Gasteiger partial charge in [0.25, 0.3) is 11.8 Å². The molecule has 2 amide bonds. The summed E-state index contributed by atoms with van der Waals surface area (Å²) in [6, 6.07) is 17.0. The predicted molar refractivity (Wildman–Crippen MR) is 152 cm³/mol. The van der Waals surface area contributed by atoms with Crippen LogP contribution in [0.1, 0.15) is 61.0 Å². The first kappa shape index (κ1) is 25.6. The predicted octanol–water partition coefficient (Wildman–Crippen LogP) is 6.36. The highest BCUT2D eigenvalue weighted by Crippen LogP contribution is 2.40. The highest BCUT2D eigenvalue weighted by atomic mass is 79.9. The number of amides is 2. The summed E-state index contributed by atoms with van der Waals surface area (Å²) in [6.07, 6.45) is 7.43. The highest BCUT2D eigenvalue weighted by molar-refractivity contribution is 9.10. The number of nitrogens with one attached hydrogen (secondary N) is 3. The van der Waals surface area contributed by atoms with Crippen molar-refractivity contribution >= 4 is 51.0 Å². The molecule has 1 atom stereocenters. The summed E-state index contributed by atoms with van der Waals surface area (Å²) in [5.74, 6) is 0.276. The molecule has 1 saturated carbocycles. The summed E-state index contributed by atoms with van der Waals surface area (Å²) in [5, 5.41) is 15.1. The Bertz CT molecular complexity index is 1330. The SMILES string of the molecule is CSc1nn2c(c1C(=O)NC1CCCCC1)NC(C)=C(C(=O)Nc1ccc(Br)cc1)C2c1ccccc1. The van der Waals surface area contributed by atoms with Crippen LogP contribution in [0.2, 0.25) is 0 Å². The molecule has 2 heterocycles. The van der Waals surface area contributed by atoms with Crippen LogP contribution in [-0.4, -0.2) is 33.9 Å². The van der Waals surface area contributed by atoms with Crippen LogP contribution in [-0.2, 0) is 4.79 Å². The molecule has 3 N–H and O–H groups in total. The normalized spacial score (nSPS) is 17.6. The Hall–Kier alpha value is -3.04. The van der Waals surface area contributed by atoms with Crippen molar-refractivity contribution < 1.29 is 9.59 Å². The summed E-state index contributed by atoms with van der Waals surface area (Å²) in [4.78, 5) is 27.2. The van der Waals surface area contributed by atoms with Gasteiger partial charge in [-0.2, -0.15) is 5.10 Å². The first-order valence-electron chi connectivity index (χ1n) is 12.5. The largest absolute Gasteiger partial charge is 0.349 e. The summed E-state index contributed by atoms with van der Waals surface area (Å²) in [5.41, 5.74) is 3.39. The summed E-state index contributed by atoms with van der Waals surface area (Å²) in [7, 11) is 0. The van der Waals surface area contributed by atoms with Crippen LogP contribution in [0.25, 0.3) is 0 Å². The summed E-state index contributed by atoms with van der Waals surface area (Å²) in [6.45, 7) is 1.88. The van der Waals surface area contributed by atoms with E-state index < -0.39 is 6.04 Å². The minimum Gasteiger partial charge on any atom is -0.349 e. The molecule has 1 aliphatic heterocycles. The van der Waals surface area contributed by atoms with Crippen LogP contribution in [0.5, 0.6) is 0 Å². The van der Waals surface area contributed by atoms with E-state index in [0.717, 1.165) is 35.7 Å². The number of hydrogen-bond acceptors (Lipinski definition) is 5. The molecule has 37 heavy (non-hydrogen) atoms. The van der Waals surface area contributed by atoms with Crippen LogP contribution in [0, 0.1) is 0 Å². The summed E-state index contributed by atoms with van der Waals surface area (Å²) >= 11 is 4.87. The van der Waals surface area contributed by atoms with Gasteiger partial charge in [-0.05, 0) is 55.9 Å². The zero-order valence-electron chi connectivity index (χ0n) is 20.9. The number of benzene rings is 2. The van der Waals surface area contributed by atoms with Crippen LogP contribution < -0.4 is 16.0 Å². The van der Waals surface area contributed by atoms with E-state index in [1.807, 2.05) is 67.8 Å². The maximum Gasteiger partial charge on any atom is 0.258 e. The maximum atomic E-state index is 13.7. The number of allylic oxidation sites excluding steroid dienone is 1. The number of rotatable bonds is 6. The molecule has 2 aromatic carbocycles. The van der Waals surface area contributed by atoms with E-state index in [-0.39, 0.29) is 17.9 Å². The fourth-order valence-electron chi connectivity index (χ4n) is 5.11. The van der Waals surface area contributed by atoms with Crippen LogP contribution >= 0.6 is 27.7 Å². The lowest BCUT2D eigenvalue weighted by molar-refractivity contribution is -0.113. The van der Waals surface area contributed by atoms with Gasteiger partial charge in [0.05, 0.1) is 5.57 Å². The second-order valence-electron chi connectivity index (χ2n) is 9.42. The Morgan fingerprint density at radius 2 is 1.73 bits per heavy atom. The van der Waals surface area contributed by atoms with Crippen molar-refractivity contribution in [3.63, 3.8) is 0 Å². The molecule has 9 heteroatoms. The van der Waals surface area contributed by atoms with E-state index in [1.165, 1.54) is 18.2 Å². The third-order valence-electron chi connectivity index (χ3n) is 6.93. The third-order valence-corrected chi connectivity index (χ3v) is 8.13. The Kier molecular flexibility index (Phi) is 7.71. The second-order valence-corrected chi connectivity index (χ2v) is 11.1. The van der Waals surface area contributed by atoms with E-state index in [2.05, 4.69) is 31.9 Å². The fourth-order valence-corrected chi connectivity index (χ4v) is 5.94. The lowest BCUT2D eigenvalue weighted by Crippen LogP contribution is -2.37. The van der Waals surface area contributed by atoms with Gasteiger partial charge in [0, 0.05) is 21.9 Å². The lowest BCUT2D eigenvalue weighted by atomic mass is 9.94. The standard InChI is InChI=1S/C28H30BrN5O2S/c1-17-22(26(35)32-21-15-13-19(29)14-16-21)24(18-9-5-3-6-10-18)34-25(30-17)23(28(33-34)37-2)27(36)31-20-11-7-4-8-12-20/h3,5-6,9-10,13-16,20,24,30H,4,7-8,11-12H2,1-2H3,(H,31,36)(H,32,35). The minimum atomic E-state index is -0.491. The van der Waals surface area contributed by atoms with Gasteiger partial charge < -0.3 is 16.0 Å². The van der Waals surface area contributed by atoms with Crippen LogP contribution in [0.4, 0.5) is 11.5 Å². The van der Waals surface area contributed by atoms with Gasteiger partial charge in [-0.15, -0.1) is 11.8 Å². The Balaban J connectivity index is 1.55. The molecule has 0 radical (unpaired) electrons. The average molecular weight is 581 g/mol. The van der Waals surface area contributed by atoms with Gasteiger partial charge >= 0.3 is 0 Å². The van der Waals surface area contributed by atoms with Crippen molar-refractivity contribution in [3.8, 4) is 0 Å². The molecular formula is C28H30BrN5O2S. The molecule has 1 aromatic heterocycles. The van der Waals surface area contributed by atoms with Crippen molar-refractivity contribution in [1.82, 2.24) is 15.1 Å². The number of hydrogen-bond donors (Lipinski definition) is 3. The molecule has 5 rings (SSSR count). The smallest absolute Gasteiger partial charge is 0.258 e. The van der Waals surface area contributed by atoms with E-state index in [4.69, 9.17) is 5.10 Å². The number of thioether (sulfide) groups is 1. The highest BCUT2D eigenvalue weighted by Gasteiger charge is 2.37. The Morgan fingerprint density at radius 3 is 2.41 bits per heavy atom. The number of halogens is 1. The van der Waals surface area contributed by atoms with Crippen molar-refractivity contribution in [3.05, 3.63) is 81.5 Å². The molecule has 2 aliphatic rings. The van der Waals surface area contributed by atoms with Crippen molar-refractivity contribution in [1.29, 1.82) is 0 Å². The van der Waals surface area contributed by atoms with E-state index >= 15 is 0 Å². The second kappa shape index (κ2) is 11.1. The number of nitrogens with zero attached hydrogens (tertiary/aromatic N) is 2. The minimum absolute atomic E-state index is 0.118. The molecule has 0 saturated heterocycles. The molecule has 0 spiro atoms. The molecule has 1 unspecified atom stereocenters. The van der Waals surface area contributed by atoms with Gasteiger partial charge in [-0.3, -0.25) is 9.59 Å². The van der Waals surface area contributed by atoms with E-state index in [1.54, 1.807) is 4.68 Å². The molecule has 0 bridgehead atoms. The number of carbonyl (C=O) groups excluding carboxylic acids is 2. The van der Waals surface area contributed by atoms with E-state index in [0.29, 0.717) is 33.4 Å². The van der Waals surface area contributed by atoms with Crippen LogP contribution in [0.3, 0.4) is 0 Å². The zero-order valence-corrected chi connectivity index (χ0v) is 23.3. The van der Waals surface area contributed by atoms with Gasteiger partial charge in [0.2, 0.25) is 0 Å². The van der Waals surface area contributed by atoms with Crippen LogP contribution in [0.15, 0.2) is 75.4 Å². The zero-order chi connectivity index (χ0) is 25.9. The first-order chi connectivity index (χ1) is 18.0. The van der Waals surface area contributed by atoms with Gasteiger partial charge in [-0.25, -0.2) is 4.68 Å². The molecule has 192 valence electrons. The number of anilines is 2. The average Bonchev–Trinajstić information content (AvgIpc) is 3.28. The molecule has 7 nitrogen and oxygen atoms in total. The fraction of sp³-hybridized carbons (Fsp3) is 0.321. The number of fused-ring (bicyclic) bond motifs is 1. The quantitative estimate of drug-likeness (QED) is 0.296. The van der Waals surface area contributed by atoms with Crippen molar-refractivity contribution in [2.75, 3.05) is 16.9 Å². The molecule has 1 fully saturated rings. The van der Waals surface area contributed by atoms with Gasteiger partial charge in [0.1, 0.15) is 22.4 Å². The topological polar surface area (TPSA) is 88.1 Å². The van der Waals surface area contributed by atoms with Crippen molar-refractivity contribution in [2.45, 2.75) is 56.1 Å². The number of aromatic nitrogens is 2. The van der Waals surface area contributed by atoms with Gasteiger partial charge in [-0.1, -0.05) is 65.5 Å². The lowest BCUT2D eigenvalue weighted by Gasteiger charge is -2.30. The Morgan fingerprint density at radius 1 is 1.03 bits per heavy atom. The monoisotopic (exact) mass is 579 g/mol. The molecular weight excluding hydrogens is 550 g/mol. The number of carbonyl (C=O) groups is 2. The van der Waals surface area contributed by atoms with Gasteiger partial charge in [0.15, 0.2) is 0 Å². The maximum absolute atomic E-state index is 13.7. The molecule has 3 aromatic rings. The third kappa shape index (κ3) is 5.33. The molecule has 1 aliphatic carbocycles. The Labute approximate surface area is 229 Å².